The fourth-order valence-corrected chi connectivity index (χ4v) is 1.87. The van der Waals surface area contributed by atoms with Gasteiger partial charge in [0.25, 0.3) is 0 Å². The third-order valence-corrected chi connectivity index (χ3v) is 3.39. The topological polar surface area (TPSA) is 60.4 Å². The second-order valence-electron chi connectivity index (χ2n) is 6.21. The van der Waals surface area contributed by atoms with Crippen LogP contribution in [0.25, 0.3) is 0 Å². The summed E-state index contributed by atoms with van der Waals surface area (Å²) in [6.07, 6.45) is 2.28. The largest absolute Gasteiger partial charge is 0.464 e. The van der Waals surface area contributed by atoms with Gasteiger partial charge in [-0.3, -0.25) is 14.4 Å². The van der Waals surface area contributed by atoms with E-state index in [1.807, 2.05) is 0 Å². The van der Waals surface area contributed by atoms with Crippen LogP contribution in [0.4, 0.5) is 0 Å². The Morgan fingerprint density at radius 1 is 1.17 bits per heavy atom. The van der Waals surface area contributed by atoms with Crippen LogP contribution in [0, 0.1) is 10.8 Å². The average Bonchev–Trinajstić information content (AvgIpc) is 2.39. The Hall–Kier alpha value is -1.19. The summed E-state index contributed by atoms with van der Waals surface area (Å²) in [5.41, 5.74) is -1.76. The van der Waals surface area contributed by atoms with Gasteiger partial charge < -0.3 is 4.74 Å². The number of carbonyl (C=O) groups excluding carboxylic acids is 3. The molecular formula is C14H22O4. The minimum absolute atomic E-state index is 0.105. The number of hydrogen-bond acceptors (Lipinski definition) is 4. The highest BCUT2D eigenvalue weighted by Crippen LogP contribution is 2.30. The first-order valence-corrected chi connectivity index (χ1v) is 6.42. The van der Waals surface area contributed by atoms with Gasteiger partial charge in [0.05, 0.1) is 5.41 Å². The molecule has 102 valence electrons. The maximum Gasteiger partial charge on any atom is 0.311 e. The van der Waals surface area contributed by atoms with Crippen molar-refractivity contribution >= 4 is 17.5 Å². The summed E-state index contributed by atoms with van der Waals surface area (Å²) in [7, 11) is 0. The lowest BCUT2D eigenvalue weighted by Crippen LogP contribution is -2.41. The molecule has 0 spiro atoms. The van der Waals surface area contributed by atoms with Crippen molar-refractivity contribution in [2.75, 3.05) is 6.61 Å². The minimum atomic E-state index is -1.14. The van der Waals surface area contributed by atoms with E-state index in [1.54, 1.807) is 27.7 Å². The third-order valence-electron chi connectivity index (χ3n) is 3.39. The van der Waals surface area contributed by atoms with Crippen LogP contribution in [-0.4, -0.2) is 24.1 Å². The van der Waals surface area contributed by atoms with Crippen LogP contribution >= 0.6 is 0 Å². The van der Waals surface area contributed by atoms with Crippen molar-refractivity contribution in [3.63, 3.8) is 0 Å². The first-order chi connectivity index (χ1) is 8.18. The number of Topliss-reactive ketones (excluding diaryl/α,β-unsaturated/α-hetero) is 2. The summed E-state index contributed by atoms with van der Waals surface area (Å²) in [5.74, 6) is -0.591. The molecule has 1 aliphatic carbocycles. The van der Waals surface area contributed by atoms with E-state index in [0.717, 1.165) is 12.8 Å². The molecule has 4 nitrogen and oxygen atoms in total. The predicted octanol–water partition coefficient (Wildman–Crippen LogP) is 2.29. The van der Waals surface area contributed by atoms with Gasteiger partial charge in [-0.2, -0.15) is 0 Å². The number of rotatable bonds is 2. The monoisotopic (exact) mass is 254 g/mol. The van der Waals surface area contributed by atoms with Crippen molar-refractivity contribution in [3.05, 3.63) is 0 Å². The van der Waals surface area contributed by atoms with Crippen molar-refractivity contribution in [3.8, 4) is 0 Å². The van der Waals surface area contributed by atoms with Crippen LogP contribution < -0.4 is 0 Å². The third kappa shape index (κ3) is 3.18. The molecule has 4 heteroatoms. The first kappa shape index (κ1) is 14.9. The lowest BCUT2D eigenvalue weighted by molar-refractivity contribution is -0.159. The standard InChI is InChI=1S/C14H22O4/c1-13(2,3)12(17)18-9-14(4)10(15)7-5-6-8-11(14)16/h5-9H2,1-4H3. The summed E-state index contributed by atoms with van der Waals surface area (Å²) >= 11 is 0. The smallest absolute Gasteiger partial charge is 0.311 e. The Morgan fingerprint density at radius 3 is 2.00 bits per heavy atom. The fraction of sp³-hybridized carbons (Fsp3) is 0.786. The van der Waals surface area contributed by atoms with Crippen LogP contribution in [0.1, 0.15) is 53.4 Å². The van der Waals surface area contributed by atoms with Gasteiger partial charge in [-0.05, 0) is 40.5 Å². The van der Waals surface area contributed by atoms with Crippen LogP contribution in [0.3, 0.4) is 0 Å². The second kappa shape index (κ2) is 5.21. The Bertz CT molecular complexity index is 344. The highest BCUT2D eigenvalue weighted by molar-refractivity contribution is 6.07. The molecule has 0 atom stereocenters. The molecule has 18 heavy (non-hydrogen) atoms. The molecule has 1 rings (SSSR count). The zero-order valence-corrected chi connectivity index (χ0v) is 11.7. The Kier molecular flexibility index (Phi) is 4.30. The zero-order valence-electron chi connectivity index (χ0n) is 11.7. The summed E-state index contributed by atoms with van der Waals surface area (Å²) in [5, 5.41) is 0. The molecule has 1 fully saturated rings. The van der Waals surface area contributed by atoms with Gasteiger partial charge in [0.1, 0.15) is 23.6 Å². The lowest BCUT2D eigenvalue weighted by Gasteiger charge is -2.26. The van der Waals surface area contributed by atoms with Crippen molar-refractivity contribution in [1.82, 2.24) is 0 Å². The van der Waals surface area contributed by atoms with E-state index < -0.39 is 10.8 Å². The van der Waals surface area contributed by atoms with E-state index in [9.17, 15) is 14.4 Å². The van der Waals surface area contributed by atoms with Gasteiger partial charge in [-0.15, -0.1) is 0 Å². The van der Waals surface area contributed by atoms with Gasteiger partial charge in [0.2, 0.25) is 0 Å². The number of ketones is 2. The molecule has 0 aliphatic heterocycles. The average molecular weight is 254 g/mol. The molecule has 0 aromatic rings. The molecule has 0 heterocycles. The maximum atomic E-state index is 12.0. The molecule has 0 aromatic heterocycles. The SMILES string of the molecule is CC(C)(C)C(=O)OCC1(C)C(=O)CCCCC1=O. The van der Waals surface area contributed by atoms with E-state index in [-0.39, 0.29) is 24.1 Å². The lowest BCUT2D eigenvalue weighted by atomic mass is 9.81. The molecule has 1 saturated carbocycles. The molecular weight excluding hydrogens is 232 g/mol. The van der Waals surface area contributed by atoms with E-state index in [2.05, 4.69) is 0 Å². The summed E-state index contributed by atoms with van der Waals surface area (Å²) in [4.78, 5) is 35.7. The molecule has 0 amide bonds. The van der Waals surface area contributed by atoms with Crippen LogP contribution in [-0.2, 0) is 19.1 Å². The second-order valence-corrected chi connectivity index (χ2v) is 6.21. The van der Waals surface area contributed by atoms with E-state index in [4.69, 9.17) is 4.74 Å². The molecule has 0 radical (unpaired) electrons. The number of ether oxygens (including phenoxy) is 1. The quantitative estimate of drug-likeness (QED) is 0.431. The van der Waals surface area contributed by atoms with Crippen molar-refractivity contribution < 1.29 is 19.1 Å². The predicted molar refractivity (Wildman–Crippen MR) is 67.0 cm³/mol. The molecule has 1 aliphatic rings. The zero-order chi connectivity index (χ0) is 14.0. The van der Waals surface area contributed by atoms with E-state index >= 15 is 0 Å². The van der Waals surface area contributed by atoms with Gasteiger partial charge in [0.15, 0.2) is 0 Å². The number of carbonyl (C=O) groups is 3. The molecule has 0 saturated heterocycles. The van der Waals surface area contributed by atoms with Crippen LogP contribution in [0.5, 0.6) is 0 Å². The Balaban J connectivity index is 2.76. The van der Waals surface area contributed by atoms with E-state index in [1.165, 1.54) is 0 Å². The Morgan fingerprint density at radius 2 is 1.61 bits per heavy atom. The van der Waals surface area contributed by atoms with Gasteiger partial charge in [-0.1, -0.05) is 0 Å². The summed E-state index contributed by atoms with van der Waals surface area (Å²) < 4.78 is 5.16. The molecule has 0 unspecified atom stereocenters. The van der Waals surface area contributed by atoms with Crippen LogP contribution in [0.2, 0.25) is 0 Å². The minimum Gasteiger partial charge on any atom is -0.464 e. The van der Waals surface area contributed by atoms with E-state index in [0.29, 0.717) is 12.8 Å². The molecule has 0 aromatic carbocycles. The maximum absolute atomic E-state index is 12.0. The number of esters is 1. The van der Waals surface area contributed by atoms with Crippen molar-refractivity contribution in [2.45, 2.75) is 53.4 Å². The normalized spacial score (nSPS) is 20.4. The van der Waals surface area contributed by atoms with Crippen molar-refractivity contribution in [2.24, 2.45) is 10.8 Å². The van der Waals surface area contributed by atoms with Crippen LogP contribution in [0.15, 0.2) is 0 Å². The highest BCUT2D eigenvalue weighted by atomic mass is 16.5. The number of hydrogen-bond donors (Lipinski definition) is 0. The van der Waals surface area contributed by atoms with Gasteiger partial charge in [-0.25, -0.2) is 0 Å². The fourth-order valence-electron chi connectivity index (χ4n) is 1.87. The summed E-state index contributed by atoms with van der Waals surface area (Å²) in [6.45, 7) is 6.71. The first-order valence-electron chi connectivity index (χ1n) is 6.42. The highest BCUT2D eigenvalue weighted by Gasteiger charge is 2.42. The summed E-state index contributed by atoms with van der Waals surface area (Å²) in [6, 6.07) is 0. The Labute approximate surface area is 108 Å². The van der Waals surface area contributed by atoms with Gasteiger partial charge in [0, 0.05) is 12.8 Å². The van der Waals surface area contributed by atoms with Gasteiger partial charge >= 0.3 is 5.97 Å². The molecule has 0 bridgehead atoms. The molecule has 0 N–H and O–H groups in total. The van der Waals surface area contributed by atoms with Crippen molar-refractivity contribution in [1.29, 1.82) is 0 Å².